The second-order valence-corrected chi connectivity index (χ2v) is 4.74. The number of pyridine rings is 1. The van der Waals surface area contributed by atoms with Crippen LogP contribution in [0.15, 0.2) is 41.1 Å². The first-order valence-electron chi connectivity index (χ1n) is 5.93. The molecule has 5 heteroatoms. The zero-order chi connectivity index (χ0) is 13.2. The fourth-order valence-electron chi connectivity index (χ4n) is 1.96. The third kappa shape index (κ3) is 2.53. The average Bonchev–Trinajstić information content (AvgIpc) is 2.81. The first-order chi connectivity index (χ1) is 9.22. The highest BCUT2D eigenvalue weighted by atomic mass is 35.5. The topological polar surface area (TPSA) is 51.0 Å². The standard InChI is InChI=1S/C14H12ClN3O/c1-9-6-11(19-18-9)8-17-13-4-5-16-14-7-10(15)2-3-12(13)14/h2-7H,8H2,1H3,(H,16,17). The largest absolute Gasteiger partial charge is 0.377 e. The fourth-order valence-corrected chi connectivity index (χ4v) is 2.12. The van der Waals surface area contributed by atoms with Crippen molar-refractivity contribution in [3.8, 4) is 0 Å². The molecule has 0 aliphatic carbocycles. The molecule has 0 unspecified atom stereocenters. The minimum Gasteiger partial charge on any atom is -0.377 e. The second-order valence-electron chi connectivity index (χ2n) is 4.31. The summed E-state index contributed by atoms with van der Waals surface area (Å²) in [6.07, 6.45) is 1.76. The van der Waals surface area contributed by atoms with Gasteiger partial charge in [-0.15, -0.1) is 0 Å². The van der Waals surface area contributed by atoms with Crippen LogP contribution in [-0.2, 0) is 6.54 Å². The Labute approximate surface area is 115 Å². The number of aryl methyl sites for hydroxylation is 1. The normalized spacial score (nSPS) is 10.8. The number of benzene rings is 1. The monoisotopic (exact) mass is 273 g/mol. The fraction of sp³-hybridized carbons (Fsp3) is 0.143. The number of hydrogen-bond donors (Lipinski definition) is 1. The highest BCUT2D eigenvalue weighted by Crippen LogP contribution is 2.24. The molecule has 0 spiro atoms. The van der Waals surface area contributed by atoms with Crippen LogP contribution >= 0.6 is 11.6 Å². The van der Waals surface area contributed by atoms with Gasteiger partial charge in [0.05, 0.1) is 17.8 Å². The van der Waals surface area contributed by atoms with Crippen molar-refractivity contribution in [1.82, 2.24) is 10.1 Å². The van der Waals surface area contributed by atoms with Crippen molar-refractivity contribution < 1.29 is 4.52 Å². The molecule has 0 bridgehead atoms. The number of anilines is 1. The summed E-state index contributed by atoms with van der Waals surface area (Å²) in [6, 6.07) is 9.50. The molecule has 0 atom stereocenters. The molecule has 0 aliphatic rings. The van der Waals surface area contributed by atoms with Crippen molar-refractivity contribution in [2.45, 2.75) is 13.5 Å². The Kier molecular flexibility index (Phi) is 3.09. The molecule has 0 saturated heterocycles. The molecule has 3 aromatic rings. The summed E-state index contributed by atoms with van der Waals surface area (Å²) >= 11 is 5.96. The summed E-state index contributed by atoms with van der Waals surface area (Å²) in [5, 5.41) is 8.89. The Morgan fingerprint density at radius 1 is 1.26 bits per heavy atom. The average molecular weight is 274 g/mol. The quantitative estimate of drug-likeness (QED) is 0.789. The molecule has 1 aromatic carbocycles. The van der Waals surface area contributed by atoms with E-state index >= 15 is 0 Å². The smallest absolute Gasteiger partial charge is 0.156 e. The number of rotatable bonds is 3. The van der Waals surface area contributed by atoms with Crippen molar-refractivity contribution in [3.05, 3.63) is 53.0 Å². The van der Waals surface area contributed by atoms with Crippen LogP contribution in [0.4, 0.5) is 5.69 Å². The molecular formula is C14H12ClN3O. The highest BCUT2D eigenvalue weighted by molar-refractivity contribution is 6.31. The summed E-state index contributed by atoms with van der Waals surface area (Å²) in [5.41, 5.74) is 2.74. The van der Waals surface area contributed by atoms with Crippen LogP contribution in [0.2, 0.25) is 5.02 Å². The number of nitrogens with one attached hydrogen (secondary N) is 1. The Morgan fingerprint density at radius 2 is 2.16 bits per heavy atom. The van der Waals surface area contributed by atoms with E-state index in [1.54, 1.807) is 6.20 Å². The third-order valence-electron chi connectivity index (χ3n) is 2.83. The van der Waals surface area contributed by atoms with Crippen molar-refractivity contribution in [2.75, 3.05) is 5.32 Å². The summed E-state index contributed by atoms with van der Waals surface area (Å²) in [5.74, 6) is 0.802. The molecule has 4 nitrogen and oxygen atoms in total. The number of nitrogens with zero attached hydrogens (tertiary/aromatic N) is 2. The predicted molar refractivity (Wildman–Crippen MR) is 75.3 cm³/mol. The van der Waals surface area contributed by atoms with Crippen molar-refractivity contribution >= 4 is 28.2 Å². The van der Waals surface area contributed by atoms with Crippen molar-refractivity contribution in [1.29, 1.82) is 0 Å². The molecule has 96 valence electrons. The van der Waals surface area contributed by atoms with E-state index in [0.29, 0.717) is 11.6 Å². The van der Waals surface area contributed by atoms with Gasteiger partial charge in [0.15, 0.2) is 5.76 Å². The van der Waals surface area contributed by atoms with E-state index in [2.05, 4.69) is 15.5 Å². The van der Waals surface area contributed by atoms with E-state index in [1.165, 1.54) is 0 Å². The maximum Gasteiger partial charge on any atom is 0.156 e. The first-order valence-corrected chi connectivity index (χ1v) is 6.30. The molecule has 0 amide bonds. The number of hydrogen-bond acceptors (Lipinski definition) is 4. The molecular weight excluding hydrogens is 262 g/mol. The van der Waals surface area contributed by atoms with Gasteiger partial charge in [0.2, 0.25) is 0 Å². The zero-order valence-corrected chi connectivity index (χ0v) is 11.1. The summed E-state index contributed by atoms with van der Waals surface area (Å²) in [6.45, 7) is 2.49. The number of aromatic nitrogens is 2. The molecule has 0 aliphatic heterocycles. The van der Waals surface area contributed by atoms with Gasteiger partial charge in [-0.25, -0.2) is 0 Å². The maximum atomic E-state index is 5.96. The van der Waals surface area contributed by atoms with E-state index in [0.717, 1.165) is 28.0 Å². The van der Waals surface area contributed by atoms with Crippen LogP contribution in [0.3, 0.4) is 0 Å². The van der Waals surface area contributed by atoms with Crippen LogP contribution in [0, 0.1) is 6.92 Å². The Balaban J connectivity index is 1.88. The predicted octanol–water partition coefficient (Wildman–Crippen LogP) is 3.80. The molecule has 19 heavy (non-hydrogen) atoms. The van der Waals surface area contributed by atoms with Gasteiger partial charge >= 0.3 is 0 Å². The van der Waals surface area contributed by atoms with Gasteiger partial charge < -0.3 is 9.84 Å². The molecule has 0 fully saturated rings. The zero-order valence-electron chi connectivity index (χ0n) is 10.4. The lowest BCUT2D eigenvalue weighted by Gasteiger charge is -2.07. The second kappa shape index (κ2) is 4.90. The van der Waals surface area contributed by atoms with Gasteiger partial charge in [-0.2, -0.15) is 0 Å². The SMILES string of the molecule is Cc1cc(CNc2ccnc3cc(Cl)ccc23)on1. The van der Waals surface area contributed by atoms with Crippen molar-refractivity contribution in [3.63, 3.8) is 0 Å². The van der Waals surface area contributed by atoms with E-state index in [4.69, 9.17) is 16.1 Å². The van der Waals surface area contributed by atoms with E-state index in [9.17, 15) is 0 Å². The Bertz CT molecular complexity index is 724. The lowest BCUT2D eigenvalue weighted by atomic mass is 10.2. The molecule has 1 N–H and O–H groups in total. The highest BCUT2D eigenvalue weighted by Gasteiger charge is 2.04. The Hall–Kier alpha value is -2.07. The summed E-state index contributed by atoms with van der Waals surface area (Å²) < 4.78 is 5.17. The first kappa shape index (κ1) is 12.0. The lowest BCUT2D eigenvalue weighted by molar-refractivity contribution is 0.384. The lowest BCUT2D eigenvalue weighted by Crippen LogP contribution is -1.99. The van der Waals surface area contributed by atoms with Crippen molar-refractivity contribution in [2.24, 2.45) is 0 Å². The van der Waals surface area contributed by atoms with Gasteiger partial charge in [0, 0.05) is 28.4 Å². The minimum absolute atomic E-state index is 0.586. The van der Waals surface area contributed by atoms with E-state index < -0.39 is 0 Å². The van der Waals surface area contributed by atoms with Crippen LogP contribution in [-0.4, -0.2) is 10.1 Å². The van der Waals surface area contributed by atoms with Gasteiger partial charge in [0.25, 0.3) is 0 Å². The van der Waals surface area contributed by atoms with Crippen LogP contribution in [0.5, 0.6) is 0 Å². The van der Waals surface area contributed by atoms with Crippen LogP contribution < -0.4 is 5.32 Å². The molecule has 0 saturated carbocycles. The number of fused-ring (bicyclic) bond motifs is 1. The van der Waals surface area contributed by atoms with Gasteiger partial charge in [-0.3, -0.25) is 4.98 Å². The summed E-state index contributed by atoms with van der Waals surface area (Å²) in [4.78, 5) is 4.30. The molecule has 2 aromatic heterocycles. The van der Waals surface area contributed by atoms with Gasteiger partial charge in [0.1, 0.15) is 0 Å². The number of halogens is 1. The molecule has 3 rings (SSSR count). The van der Waals surface area contributed by atoms with Gasteiger partial charge in [-0.05, 0) is 31.2 Å². The van der Waals surface area contributed by atoms with E-state index in [-0.39, 0.29) is 0 Å². The molecule has 2 heterocycles. The third-order valence-corrected chi connectivity index (χ3v) is 3.07. The Morgan fingerprint density at radius 3 is 2.95 bits per heavy atom. The van der Waals surface area contributed by atoms with Crippen LogP contribution in [0.1, 0.15) is 11.5 Å². The molecule has 0 radical (unpaired) electrons. The summed E-state index contributed by atoms with van der Waals surface area (Å²) in [7, 11) is 0. The van der Waals surface area contributed by atoms with Gasteiger partial charge in [-0.1, -0.05) is 16.8 Å². The van der Waals surface area contributed by atoms with E-state index in [1.807, 2.05) is 37.3 Å². The van der Waals surface area contributed by atoms with Crippen LogP contribution in [0.25, 0.3) is 10.9 Å². The maximum absolute atomic E-state index is 5.96. The minimum atomic E-state index is 0.586.